The molecular formula is C29H31Cl2N3O6. The summed E-state index contributed by atoms with van der Waals surface area (Å²) in [7, 11) is 1.30. The molecule has 40 heavy (non-hydrogen) atoms. The van der Waals surface area contributed by atoms with E-state index in [-0.39, 0.29) is 42.0 Å². The molecule has 0 radical (unpaired) electrons. The van der Waals surface area contributed by atoms with Gasteiger partial charge in [-0.05, 0) is 35.2 Å². The Bertz CT molecular complexity index is 1340. The van der Waals surface area contributed by atoms with Gasteiger partial charge in [0.2, 0.25) is 11.7 Å². The van der Waals surface area contributed by atoms with E-state index in [4.69, 9.17) is 32.7 Å². The summed E-state index contributed by atoms with van der Waals surface area (Å²) in [4.78, 5) is 39.3. The largest absolute Gasteiger partial charge is 0.490 e. The third-order valence-electron chi connectivity index (χ3n) is 6.02. The first-order valence-electron chi connectivity index (χ1n) is 12.6. The molecule has 0 fully saturated rings. The number of hydrogen-bond acceptors (Lipinski definition) is 6. The number of nitrogens with zero attached hydrogens (tertiary/aromatic N) is 2. The molecule has 0 aliphatic rings. The number of carbonyl (C=O) groups is 2. The van der Waals surface area contributed by atoms with Crippen LogP contribution in [0.2, 0.25) is 10.0 Å². The number of methoxy groups -OCH3 is 1. The van der Waals surface area contributed by atoms with Crippen molar-refractivity contribution in [3.8, 4) is 11.5 Å². The third kappa shape index (κ3) is 8.59. The Kier molecular flexibility index (Phi) is 11.2. The number of nitrogens with one attached hydrogen (secondary N) is 1. The monoisotopic (exact) mass is 587 g/mol. The number of nitro groups is 1. The summed E-state index contributed by atoms with van der Waals surface area (Å²) >= 11 is 12.5. The summed E-state index contributed by atoms with van der Waals surface area (Å²) in [6.07, 6.45) is 0.257. The molecule has 0 heterocycles. The van der Waals surface area contributed by atoms with Gasteiger partial charge in [-0.3, -0.25) is 19.7 Å². The maximum absolute atomic E-state index is 13.7. The molecule has 0 saturated carbocycles. The Morgan fingerprint density at radius 1 is 1.05 bits per heavy atom. The molecular weight excluding hydrogens is 557 g/mol. The average Bonchev–Trinajstić information content (AvgIpc) is 2.93. The second-order valence-corrected chi connectivity index (χ2v) is 10.3. The minimum Gasteiger partial charge on any atom is -0.490 e. The van der Waals surface area contributed by atoms with E-state index in [1.165, 1.54) is 30.2 Å². The minimum atomic E-state index is -0.879. The lowest BCUT2D eigenvalue weighted by Gasteiger charge is -2.32. The van der Waals surface area contributed by atoms with Gasteiger partial charge >= 0.3 is 5.69 Å². The van der Waals surface area contributed by atoms with Crippen molar-refractivity contribution >= 4 is 40.7 Å². The molecule has 2 amide bonds. The fourth-order valence-corrected chi connectivity index (χ4v) is 4.40. The van der Waals surface area contributed by atoms with Crippen LogP contribution in [-0.2, 0) is 22.6 Å². The van der Waals surface area contributed by atoms with Crippen LogP contribution in [0.1, 0.15) is 25.0 Å². The molecule has 11 heteroatoms. The van der Waals surface area contributed by atoms with Gasteiger partial charge in [0.05, 0.1) is 12.0 Å². The van der Waals surface area contributed by atoms with E-state index >= 15 is 0 Å². The van der Waals surface area contributed by atoms with Crippen molar-refractivity contribution in [2.75, 3.05) is 20.3 Å². The molecule has 0 saturated heterocycles. The van der Waals surface area contributed by atoms with Gasteiger partial charge in [0, 0.05) is 41.7 Å². The lowest BCUT2D eigenvalue weighted by molar-refractivity contribution is -0.385. The first kappa shape index (κ1) is 30.7. The van der Waals surface area contributed by atoms with Gasteiger partial charge in [-0.2, -0.15) is 0 Å². The predicted octanol–water partition coefficient (Wildman–Crippen LogP) is 5.70. The molecule has 0 aromatic heterocycles. The number of nitro benzene ring substituents is 1. The third-order valence-corrected chi connectivity index (χ3v) is 6.61. The van der Waals surface area contributed by atoms with Crippen LogP contribution in [-0.4, -0.2) is 47.9 Å². The highest BCUT2D eigenvalue weighted by Crippen LogP contribution is 2.31. The smallest absolute Gasteiger partial charge is 0.311 e. The Balaban J connectivity index is 1.94. The van der Waals surface area contributed by atoms with Gasteiger partial charge in [0.25, 0.3) is 5.91 Å². The van der Waals surface area contributed by atoms with Crippen molar-refractivity contribution in [2.24, 2.45) is 5.92 Å². The van der Waals surface area contributed by atoms with Crippen molar-refractivity contribution in [3.63, 3.8) is 0 Å². The second-order valence-electron chi connectivity index (χ2n) is 9.48. The van der Waals surface area contributed by atoms with Crippen LogP contribution in [0, 0.1) is 16.0 Å². The molecule has 0 spiro atoms. The van der Waals surface area contributed by atoms with Crippen molar-refractivity contribution in [1.29, 1.82) is 0 Å². The Morgan fingerprint density at radius 3 is 2.40 bits per heavy atom. The van der Waals surface area contributed by atoms with Crippen LogP contribution >= 0.6 is 23.2 Å². The molecule has 3 rings (SSSR count). The summed E-state index contributed by atoms with van der Waals surface area (Å²) < 4.78 is 10.8. The SMILES string of the molecule is COc1cc(OCC(=O)N(Cc2ccc(Cl)cc2Cl)C(Cc2ccccc2)C(=O)NCC(C)C)ccc1[N+](=O)[O-]. The van der Waals surface area contributed by atoms with Crippen molar-refractivity contribution < 1.29 is 24.0 Å². The van der Waals surface area contributed by atoms with Crippen LogP contribution in [0.25, 0.3) is 0 Å². The van der Waals surface area contributed by atoms with Crippen LogP contribution in [0.5, 0.6) is 11.5 Å². The highest BCUT2D eigenvalue weighted by Gasteiger charge is 2.31. The summed E-state index contributed by atoms with van der Waals surface area (Å²) in [6, 6.07) is 17.4. The van der Waals surface area contributed by atoms with Crippen molar-refractivity contribution in [3.05, 3.63) is 98.0 Å². The first-order valence-corrected chi connectivity index (χ1v) is 13.3. The zero-order valence-corrected chi connectivity index (χ0v) is 23.9. The lowest BCUT2D eigenvalue weighted by Crippen LogP contribution is -2.52. The molecule has 1 N–H and O–H groups in total. The fourth-order valence-electron chi connectivity index (χ4n) is 3.94. The van der Waals surface area contributed by atoms with Gasteiger partial charge in [-0.15, -0.1) is 0 Å². The number of carbonyl (C=O) groups excluding carboxylic acids is 2. The fraction of sp³-hybridized carbons (Fsp3) is 0.310. The molecule has 0 bridgehead atoms. The quantitative estimate of drug-likeness (QED) is 0.203. The lowest BCUT2D eigenvalue weighted by atomic mass is 10.0. The highest BCUT2D eigenvalue weighted by atomic mass is 35.5. The number of ether oxygens (including phenoxy) is 2. The topological polar surface area (TPSA) is 111 Å². The van der Waals surface area contributed by atoms with Gasteiger partial charge in [-0.1, -0.05) is 73.4 Å². The van der Waals surface area contributed by atoms with E-state index in [2.05, 4.69) is 5.32 Å². The number of amides is 2. The predicted molar refractivity (Wildman–Crippen MR) is 154 cm³/mol. The van der Waals surface area contributed by atoms with Crippen LogP contribution < -0.4 is 14.8 Å². The van der Waals surface area contributed by atoms with Gasteiger partial charge in [0.1, 0.15) is 11.8 Å². The molecule has 1 atom stereocenters. The molecule has 3 aromatic rings. The van der Waals surface area contributed by atoms with Crippen molar-refractivity contribution in [2.45, 2.75) is 32.9 Å². The Morgan fingerprint density at radius 2 is 1.77 bits per heavy atom. The van der Waals surface area contributed by atoms with Crippen LogP contribution in [0.15, 0.2) is 66.7 Å². The standard InChI is InChI=1S/C29H31Cl2N3O6/c1-19(2)16-32-29(36)26(13-20-7-5-4-6-8-20)33(17-21-9-10-22(30)14-24(21)31)28(35)18-40-23-11-12-25(34(37)38)27(15-23)39-3/h4-12,14-15,19,26H,13,16-18H2,1-3H3,(H,32,36). The van der Waals surface area contributed by atoms with E-state index in [9.17, 15) is 19.7 Å². The van der Waals surface area contributed by atoms with E-state index < -0.39 is 23.5 Å². The number of hydrogen-bond donors (Lipinski definition) is 1. The van der Waals surface area contributed by atoms with E-state index in [0.717, 1.165) is 5.56 Å². The van der Waals surface area contributed by atoms with Gasteiger partial charge in [0.15, 0.2) is 6.61 Å². The highest BCUT2D eigenvalue weighted by molar-refractivity contribution is 6.35. The second kappa shape index (κ2) is 14.5. The Hall–Kier alpha value is -3.82. The molecule has 9 nitrogen and oxygen atoms in total. The molecule has 1 unspecified atom stereocenters. The normalized spacial score (nSPS) is 11.6. The molecule has 0 aliphatic carbocycles. The number of halogens is 2. The summed E-state index contributed by atoms with van der Waals surface area (Å²) in [5.74, 6) is -0.396. The summed E-state index contributed by atoms with van der Waals surface area (Å²) in [5.41, 5.74) is 1.24. The van der Waals surface area contributed by atoms with Crippen LogP contribution in [0.3, 0.4) is 0 Å². The molecule has 212 valence electrons. The van der Waals surface area contributed by atoms with Crippen molar-refractivity contribution in [1.82, 2.24) is 10.2 Å². The summed E-state index contributed by atoms with van der Waals surface area (Å²) in [5, 5.41) is 15.0. The zero-order chi connectivity index (χ0) is 29.2. The number of benzene rings is 3. The Labute approximate surface area is 243 Å². The minimum absolute atomic E-state index is 0.00484. The molecule has 3 aromatic carbocycles. The zero-order valence-electron chi connectivity index (χ0n) is 22.4. The van der Waals surface area contributed by atoms with E-state index in [1.54, 1.807) is 18.2 Å². The summed E-state index contributed by atoms with van der Waals surface area (Å²) in [6.45, 7) is 3.99. The van der Waals surface area contributed by atoms with Gasteiger partial charge in [-0.25, -0.2) is 0 Å². The number of rotatable bonds is 13. The first-order chi connectivity index (χ1) is 19.1. The van der Waals surface area contributed by atoms with E-state index in [1.807, 2.05) is 44.2 Å². The van der Waals surface area contributed by atoms with Crippen LogP contribution in [0.4, 0.5) is 5.69 Å². The average molecular weight is 588 g/mol. The maximum atomic E-state index is 13.7. The molecule has 0 aliphatic heterocycles. The van der Waals surface area contributed by atoms with E-state index in [0.29, 0.717) is 22.2 Å². The maximum Gasteiger partial charge on any atom is 0.311 e. The van der Waals surface area contributed by atoms with Gasteiger partial charge < -0.3 is 19.7 Å².